The van der Waals surface area contributed by atoms with Crippen LogP contribution in [0.3, 0.4) is 0 Å². The van der Waals surface area contributed by atoms with E-state index in [1.807, 2.05) is 0 Å². The molecule has 1 saturated heterocycles. The Balaban J connectivity index is 1.85. The van der Waals surface area contributed by atoms with Gasteiger partial charge in [-0.05, 0) is 42.8 Å². The average molecular weight is 174 g/mol. The molecule has 1 aliphatic carbocycles. The fourth-order valence-corrected chi connectivity index (χ4v) is 2.09. The smallest absolute Gasteiger partial charge is 0.235 e. The number of hydrogen-bond donors (Lipinski definition) is 0. The third kappa shape index (κ3) is 1.57. The summed E-state index contributed by atoms with van der Waals surface area (Å²) in [6.07, 6.45) is 4.00. The number of nitrogens with zero attached hydrogens (tertiary/aromatic N) is 1. The van der Waals surface area contributed by atoms with E-state index in [1.165, 1.54) is 19.3 Å². The summed E-state index contributed by atoms with van der Waals surface area (Å²) in [6.45, 7) is 2.62. The zero-order chi connectivity index (χ0) is 7.90. The first-order valence-electron chi connectivity index (χ1n) is 4.11. The van der Waals surface area contributed by atoms with Crippen molar-refractivity contribution in [2.24, 2.45) is 5.41 Å². The topological polar surface area (TPSA) is 20.3 Å². The largest absolute Gasteiger partial charge is 0.294 e. The third-order valence-electron chi connectivity index (χ3n) is 2.82. The van der Waals surface area contributed by atoms with E-state index in [4.69, 9.17) is 11.6 Å². The Bertz CT molecular complexity index is 189. The van der Waals surface area contributed by atoms with E-state index in [9.17, 15) is 4.79 Å². The molecule has 0 radical (unpaired) electrons. The quantitative estimate of drug-likeness (QED) is 0.586. The van der Waals surface area contributed by atoms with Crippen LogP contribution in [0.4, 0.5) is 0 Å². The van der Waals surface area contributed by atoms with Crippen LogP contribution in [0.5, 0.6) is 0 Å². The fourth-order valence-electron chi connectivity index (χ4n) is 1.92. The molecule has 1 aliphatic heterocycles. The predicted molar refractivity (Wildman–Crippen MR) is 43.6 cm³/mol. The van der Waals surface area contributed by atoms with Crippen molar-refractivity contribution in [3.05, 3.63) is 0 Å². The van der Waals surface area contributed by atoms with E-state index in [-0.39, 0.29) is 5.24 Å². The fraction of sp³-hybridized carbons (Fsp3) is 0.875. The Labute approximate surface area is 71.5 Å². The van der Waals surface area contributed by atoms with Gasteiger partial charge in [-0.1, -0.05) is 0 Å². The summed E-state index contributed by atoms with van der Waals surface area (Å²) in [5, 5.41) is -0.220. The average Bonchev–Trinajstić information content (AvgIpc) is 2.51. The van der Waals surface area contributed by atoms with Gasteiger partial charge in [0, 0.05) is 6.54 Å². The number of carbonyl (C=O) groups is 1. The Morgan fingerprint density at radius 3 is 2.64 bits per heavy atom. The molecule has 2 nitrogen and oxygen atoms in total. The van der Waals surface area contributed by atoms with Crippen LogP contribution < -0.4 is 0 Å². The summed E-state index contributed by atoms with van der Waals surface area (Å²) in [4.78, 5) is 12.7. The lowest BCUT2D eigenvalue weighted by Crippen LogP contribution is -2.25. The molecular formula is C8H12ClNO. The molecule has 2 rings (SSSR count). The van der Waals surface area contributed by atoms with Crippen LogP contribution >= 0.6 is 11.6 Å². The van der Waals surface area contributed by atoms with E-state index < -0.39 is 0 Å². The van der Waals surface area contributed by atoms with E-state index >= 15 is 0 Å². The normalized spacial score (nSPS) is 27.7. The van der Waals surface area contributed by atoms with E-state index in [0.717, 1.165) is 13.1 Å². The van der Waals surface area contributed by atoms with Gasteiger partial charge in [0.25, 0.3) is 0 Å². The molecular weight excluding hydrogens is 162 g/mol. The summed E-state index contributed by atoms with van der Waals surface area (Å²) in [5.41, 5.74) is 0.617. The Morgan fingerprint density at radius 2 is 2.18 bits per heavy atom. The third-order valence-corrected chi connectivity index (χ3v) is 2.94. The molecule has 1 spiro atoms. The Hall–Kier alpha value is -0.0800. The lowest BCUT2D eigenvalue weighted by Gasteiger charge is -2.11. The standard InChI is InChI=1S/C8H12ClNO/c9-7(11)5-10-4-3-8(6-10)1-2-8/h1-6H2. The second kappa shape index (κ2) is 2.46. The monoisotopic (exact) mass is 173 g/mol. The van der Waals surface area contributed by atoms with Crippen molar-refractivity contribution in [2.45, 2.75) is 19.3 Å². The maximum absolute atomic E-state index is 10.6. The van der Waals surface area contributed by atoms with Crippen LogP contribution in [0, 0.1) is 5.41 Å². The van der Waals surface area contributed by atoms with Crippen molar-refractivity contribution >= 4 is 16.8 Å². The zero-order valence-electron chi connectivity index (χ0n) is 6.48. The first-order chi connectivity index (χ1) is 5.20. The van der Waals surface area contributed by atoms with Gasteiger partial charge < -0.3 is 0 Å². The van der Waals surface area contributed by atoms with Crippen molar-refractivity contribution in [2.75, 3.05) is 19.6 Å². The molecule has 0 N–H and O–H groups in total. The first-order valence-corrected chi connectivity index (χ1v) is 4.49. The number of halogens is 1. The van der Waals surface area contributed by atoms with Gasteiger partial charge in [-0.2, -0.15) is 0 Å². The van der Waals surface area contributed by atoms with E-state index in [2.05, 4.69) is 4.90 Å². The van der Waals surface area contributed by atoms with Crippen LogP contribution in [0.1, 0.15) is 19.3 Å². The molecule has 62 valence electrons. The van der Waals surface area contributed by atoms with Crippen molar-refractivity contribution in [1.29, 1.82) is 0 Å². The van der Waals surface area contributed by atoms with Crippen molar-refractivity contribution in [3.8, 4) is 0 Å². The number of carbonyl (C=O) groups excluding carboxylic acids is 1. The summed E-state index contributed by atoms with van der Waals surface area (Å²) in [6, 6.07) is 0. The molecule has 0 unspecified atom stereocenters. The van der Waals surface area contributed by atoms with Gasteiger partial charge in [-0.25, -0.2) is 0 Å². The van der Waals surface area contributed by atoms with Crippen molar-refractivity contribution < 1.29 is 4.79 Å². The lowest BCUT2D eigenvalue weighted by molar-refractivity contribution is -0.112. The molecule has 2 fully saturated rings. The Morgan fingerprint density at radius 1 is 1.45 bits per heavy atom. The predicted octanol–water partition coefficient (Wildman–Crippen LogP) is 1.24. The van der Waals surface area contributed by atoms with E-state index in [0.29, 0.717) is 12.0 Å². The molecule has 1 heterocycles. The minimum atomic E-state index is -0.220. The van der Waals surface area contributed by atoms with Gasteiger partial charge in [-0.15, -0.1) is 0 Å². The zero-order valence-corrected chi connectivity index (χ0v) is 7.23. The van der Waals surface area contributed by atoms with Gasteiger partial charge in [0.1, 0.15) is 0 Å². The minimum absolute atomic E-state index is 0.220. The van der Waals surface area contributed by atoms with Crippen molar-refractivity contribution in [1.82, 2.24) is 4.90 Å². The van der Waals surface area contributed by atoms with Crippen LogP contribution in [-0.4, -0.2) is 29.8 Å². The second-order valence-corrected chi connectivity index (χ2v) is 4.24. The second-order valence-electron chi connectivity index (χ2n) is 3.82. The number of likely N-dealkylation sites (tertiary alicyclic amines) is 1. The molecule has 2 aliphatic rings. The van der Waals surface area contributed by atoms with Gasteiger partial charge in [0.2, 0.25) is 5.24 Å². The molecule has 11 heavy (non-hydrogen) atoms. The highest BCUT2D eigenvalue weighted by molar-refractivity contribution is 6.64. The molecule has 0 amide bonds. The highest BCUT2D eigenvalue weighted by atomic mass is 35.5. The highest BCUT2D eigenvalue weighted by Crippen LogP contribution is 2.52. The van der Waals surface area contributed by atoms with Gasteiger partial charge in [0.05, 0.1) is 6.54 Å². The molecule has 0 aromatic carbocycles. The summed E-state index contributed by atoms with van der Waals surface area (Å²) >= 11 is 5.29. The van der Waals surface area contributed by atoms with Gasteiger partial charge >= 0.3 is 0 Å². The summed E-state index contributed by atoms with van der Waals surface area (Å²) in [5.74, 6) is 0. The molecule has 0 aromatic rings. The molecule has 0 atom stereocenters. The highest BCUT2D eigenvalue weighted by Gasteiger charge is 2.47. The molecule has 1 saturated carbocycles. The van der Waals surface area contributed by atoms with Crippen LogP contribution in [0.2, 0.25) is 0 Å². The molecule has 0 bridgehead atoms. The maximum Gasteiger partial charge on any atom is 0.235 e. The summed E-state index contributed by atoms with van der Waals surface area (Å²) in [7, 11) is 0. The van der Waals surface area contributed by atoms with Gasteiger partial charge in [0.15, 0.2) is 0 Å². The number of rotatable bonds is 2. The maximum atomic E-state index is 10.6. The van der Waals surface area contributed by atoms with Crippen LogP contribution in [-0.2, 0) is 4.79 Å². The van der Waals surface area contributed by atoms with Crippen LogP contribution in [0.15, 0.2) is 0 Å². The molecule has 3 heteroatoms. The van der Waals surface area contributed by atoms with Crippen LogP contribution in [0.25, 0.3) is 0 Å². The lowest BCUT2D eigenvalue weighted by atomic mass is 10.1. The Kier molecular flexibility index (Phi) is 1.69. The summed E-state index contributed by atoms with van der Waals surface area (Å²) < 4.78 is 0. The first kappa shape index (κ1) is 7.56. The molecule has 0 aromatic heterocycles. The van der Waals surface area contributed by atoms with Crippen molar-refractivity contribution in [3.63, 3.8) is 0 Å². The van der Waals surface area contributed by atoms with E-state index in [1.54, 1.807) is 0 Å². The number of hydrogen-bond acceptors (Lipinski definition) is 2. The SMILES string of the molecule is O=C(Cl)CN1CCC2(CC2)C1. The minimum Gasteiger partial charge on any atom is -0.294 e. The van der Waals surface area contributed by atoms with Gasteiger partial charge in [-0.3, -0.25) is 9.69 Å².